The molecule has 0 bridgehead atoms. The molecule has 112 valence electrons. The lowest BCUT2D eigenvalue weighted by Gasteiger charge is -2.13. The average molecular weight is 320 g/mol. The number of rotatable bonds is 7. The van der Waals surface area contributed by atoms with E-state index < -0.39 is 0 Å². The van der Waals surface area contributed by atoms with E-state index >= 15 is 0 Å². The van der Waals surface area contributed by atoms with Crippen LogP contribution in [0, 0.1) is 6.92 Å². The monoisotopic (exact) mass is 320 g/mol. The Morgan fingerprint density at radius 1 is 1.05 bits per heavy atom. The van der Waals surface area contributed by atoms with Gasteiger partial charge in [-0.25, -0.2) is 0 Å². The number of aryl methyl sites for hydroxylation is 1. The molecule has 4 heteroatoms. The van der Waals surface area contributed by atoms with Crippen LogP contribution < -0.4 is 9.47 Å². The van der Waals surface area contributed by atoms with Gasteiger partial charge in [0.15, 0.2) is 0 Å². The van der Waals surface area contributed by atoms with Crippen molar-refractivity contribution in [3.8, 4) is 11.5 Å². The smallest absolute Gasteiger partial charge is 0.119 e. The number of thioether (sulfide) groups is 1. The Balaban J connectivity index is 1.76. The molecule has 0 spiro atoms. The van der Waals surface area contributed by atoms with Gasteiger partial charge in [-0.15, -0.1) is 11.8 Å². The fraction of sp³-hybridized carbons (Fsp3) is 0.294. The Morgan fingerprint density at radius 3 is 2.38 bits per heavy atom. The van der Waals surface area contributed by atoms with Crippen molar-refractivity contribution in [2.45, 2.75) is 17.1 Å². The zero-order valence-corrected chi connectivity index (χ0v) is 14.0. The van der Waals surface area contributed by atoms with Gasteiger partial charge in [0.2, 0.25) is 0 Å². The molecule has 2 nitrogen and oxygen atoms in total. The number of thiol groups is 1. The molecule has 2 aromatic rings. The van der Waals surface area contributed by atoms with Crippen molar-refractivity contribution in [2.75, 3.05) is 19.5 Å². The first-order valence-electron chi connectivity index (χ1n) is 6.82. The molecule has 0 saturated carbocycles. The van der Waals surface area contributed by atoms with Crippen molar-refractivity contribution in [1.82, 2.24) is 0 Å². The summed E-state index contributed by atoms with van der Waals surface area (Å²) in [6, 6.07) is 16.0. The maximum Gasteiger partial charge on any atom is 0.119 e. The molecule has 0 N–H and O–H groups in total. The molecule has 0 aliphatic carbocycles. The van der Waals surface area contributed by atoms with Gasteiger partial charge in [-0.1, -0.05) is 18.2 Å². The molecule has 0 radical (unpaired) electrons. The van der Waals surface area contributed by atoms with E-state index in [9.17, 15) is 0 Å². The molecular weight excluding hydrogens is 300 g/mol. The minimum absolute atomic E-state index is 0.191. The van der Waals surface area contributed by atoms with Gasteiger partial charge in [-0.3, -0.25) is 0 Å². The molecule has 0 amide bonds. The van der Waals surface area contributed by atoms with Gasteiger partial charge in [0.25, 0.3) is 0 Å². The summed E-state index contributed by atoms with van der Waals surface area (Å²) in [5, 5.41) is 0.191. The number of ether oxygens (including phenoxy) is 2. The summed E-state index contributed by atoms with van der Waals surface area (Å²) in [6.45, 7) is 2.72. The average Bonchev–Trinajstić information content (AvgIpc) is 2.52. The van der Waals surface area contributed by atoms with E-state index in [4.69, 9.17) is 9.47 Å². The van der Waals surface area contributed by atoms with E-state index in [0.29, 0.717) is 6.61 Å². The maximum atomic E-state index is 5.74. The van der Waals surface area contributed by atoms with E-state index in [1.165, 1.54) is 10.5 Å². The first-order valence-corrected chi connectivity index (χ1v) is 8.32. The van der Waals surface area contributed by atoms with Crippen LogP contribution in [0.5, 0.6) is 11.5 Å². The highest BCUT2D eigenvalue weighted by molar-refractivity contribution is 8.00. The molecular formula is C17H20O2S2. The highest BCUT2D eigenvalue weighted by Gasteiger charge is 2.07. The van der Waals surface area contributed by atoms with Gasteiger partial charge in [0.1, 0.15) is 18.1 Å². The molecule has 2 aromatic carbocycles. The Bertz CT molecular complexity index is 555. The topological polar surface area (TPSA) is 18.5 Å². The second-order valence-corrected chi connectivity index (χ2v) is 6.51. The lowest BCUT2D eigenvalue weighted by atomic mass is 10.2. The largest absolute Gasteiger partial charge is 0.497 e. The van der Waals surface area contributed by atoms with Crippen molar-refractivity contribution >= 4 is 24.4 Å². The summed E-state index contributed by atoms with van der Waals surface area (Å²) < 4.78 is 10.9. The first-order chi connectivity index (χ1) is 10.2. The van der Waals surface area contributed by atoms with Gasteiger partial charge in [-0.2, -0.15) is 12.6 Å². The van der Waals surface area contributed by atoms with Crippen LogP contribution in [-0.2, 0) is 0 Å². The summed E-state index contributed by atoms with van der Waals surface area (Å²) >= 11 is 6.41. The predicted molar refractivity (Wildman–Crippen MR) is 93.2 cm³/mol. The standard InChI is InChI=1S/C17H20O2S2/c1-13-5-3-4-6-17(13)21-12-16(20)11-19-15-9-7-14(18-2)8-10-15/h3-10,16,20H,11-12H2,1-2H3. The predicted octanol–water partition coefficient (Wildman–Crippen LogP) is 4.47. The van der Waals surface area contributed by atoms with Gasteiger partial charge in [-0.05, 0) is 42.8 Å². The Labute approximate surface area is 136 Å². The number of hydrogen-bond donors (Lipinski definition) is 1. The van der Waals surface area contributed by atoms with E-state index in [1.54, 1.807) is 7.11 Å². The molecule has 0 aliphatic rings. The van der Waals surface area contributed by atoms with Crippen molar-refractivity contribution in [2.24, 2.45) is 0 Å². The van der Waals surface area contributed by atoms with Gasteiger partial charge < -0.3 is 9.47 Å². The normalized spacial score (nSPS) is 12.0. The fourth-order valence-electron chi connectivity index (χ4n) is 1.82. The van der Waals surface area contributed by atoms with E-state index in [1.807, 2.05) is 36.0 Å². The van der Waals surface area contributed by atoms with Crippen LogP contribution in [0.1, 0.15) is 5.56 Å². The fourth-order valence-corrected chi connectivity index (χ4v) is 3.05. The van der Waals surface area contributed by atoms with Crippen LogP contribution in [0.25, 0.3) is 0 Å². The summed E-state index contributed by atoms with van der Waals surface area (Å²) in [6.07, 6.45) is 0. The highest BCUT2D eigenvalue weighted by Crippen LogP contribution is 2.24. The summed E-state index contributed by atoms with van der Waals surface area (Å²) in [7, 11) is 1.66. The maximum absolute atomic E-state index is 5.74. The zero-order chi connectivity index (χ0) is 15.1. The number of hydrogen-bond acceptors (Lipinski definition) is 4. The molecule has 0 heterocycles. The molecule has 21 heavy (non-hydrogen) atoms. The Kier molecular flexibility index (Phi) is 6.33. The third-order valence-corrected chi connectivity index (χ3v) is 4.94. The quantitative estimate of drug-likeness (QED) is 0.599. The van der Waals surface area contributed by atoms with Crippen molar-refractivity contribution in [3.05, 3.63) is 54.1 Å². The van der Waals surface area contributed by atoms with Crippen molar-refractivity contribution in [3.63, 3.8) is 0 Å². The van der Waals surface area contributed by atoms with Gasteiger partial charge >= 0.3 is 0 Å². The first kappa shape index (κ1) is 16.1. The number of benzene rings is 2. The van der Waals surface area contributed by atoms with E-state index in [-0.39, 0.29) is 5.25 Å². The van der Waals surface area contributed by atoms with Gasteiger partial charge in [0, 0.05) is 15.9 Å². The Morgan fingerprint density at radius 2 is 1.71 bits per heavy atom. The van der Waals surface area contributed by atoms with Crippen LogP contribution in [0.4, 0.5) is 0 Å². The third kappa shape index (κ3) is 5.21. The molecule has 0 aromatic heterocycles. The summed E-state index contributed by atoms with van der Waals surface area (Å²) in [5.74, 6) is 2.60. The molecule has 2 rings (SSSR count). The highest BCUT2D eigenvalue weighted by atomic mass is 32.2. The summed E-state index contributed by atoms with van der Waals surface area (Å²) in [4.78, 5) is 1.31. The minimum Gasteiger partial charge on any atom is -0.497 e. The van der Waals surface area contributed by atoms with Crippen molar-refractivity contribution in [1.29, 1.82) is 0 Å². The minimum atomic E-state index is 0.191. The van der Waals surface area contributed by atoms with Crippen LogP contribution in [0.15, 0.2) is 53.4 Å². The van der Waals surface area contributed by atoms with Crippen molar-refractivity contribution < 1.29 is 9.47 Å². The number of methoxy groups -OCH3 is 1. The lowest BCUT2D eigenvalue weighted by Crippen LogP contribution is -2.14. The Hall–Kier alpha value is -1.26. The second kappa shape index (κ2) is 8.25. The van der Waals surface area contributed by atoms with Crippen LogP contribution >= 0.6 is 24.4 Å². The molecule has 1 unspecified atom stereocenters. The summed E-state index contributed by atoms with van der Waals surface area (Å²) in [5.41, 5.74) is 1.30. The van der Waals surface area contributed by atoms with E-state index in [0.717, 1.165) is 17.3 Å². The van der Waals surface area contributed by atoms with Crippen LogP contribution in [-0.4, -0.2) is 24.7 Å². The van der Waals surface area contributed by atoms with Crippen LogP contribution in [0.3, 0.4) is 0 Å². The molecule has 0 saturated heterocycles. The van der Waals surface area contributed by atoms with Gasteiger partial charge in [0.05, 0.1) is 7.11 Å². The SMILES string of the molecule is COc1ccc(OCC(S)CSc2ccccc2C)cc1. The molecule has 0 aliphatic heterocycles. The zero-order valence-electron chi connectivity index (χ0n) is 12.3. The third-order valence-electron chi connectivity index (χ3n) is 3.03. The van der Waals surface area contributed by atoms with E-state index in [2.05, 4.69) is 43.8 Å². The second-order valence-electron chi connectivity index (χ2n) is 4.72. The lowest BCUT2D eigenvalue weighted by molar-refractivity contribution is 0.323. The van der Waals surface area contributed by atoms with Crippen LogP contribution in [0.2, 0.25) is 0 Å². The molecule has 0 fully saturated rings. The molecule has 1 atom stereocenters.